The third kappa shape index (κ3) is 1.03. The Balaban J connectivity index is 2.60. The van der Waals surface area contributed by atoms with Gasteiger partial charge in [0.2, 0.25) is 0 Å². The maximum Gasteiger partial charge on any atom is 0.141 e. The summed E-state index contributed by atoms with van der Waals surface area (Å²) in [6.07, 6.45) is 0.852. The van der Waals surface area contributed by atoms with Crippen LogP contribution >= 0.6 is 11.6 Å². The zero-order chi connectivity index (χ0) is 8.55. The van der Waals surface area contributed by atoms with E-state index in [1.165, 1.54) is 0 Å². The predicted molar refractivity (Wildman–Crippen MR) is 45.4 cm³/mol. The number of nitriles is 1. The molecule has 0 saturated carbocycles. The molecule has 0 fully saturated rings. The number of ether oxygens (including phenoxy) is 1. The van der Waals surface area contributed by atoms with E-state index in [9.17, 15) is 0 Å². The van der Waals surface area contributed by atoms with E-state index < -0.39 is 0 Å². The van der Waals surface area contributed by atoms with E-state index in [1.807, 2.05) is 6.07 Å². The Labute approximate surface area is 75.3 Å². The van der Waals surface area contributed by atoms with Gasteiger partial charge in [-0.1, -0.05) is 11.6 Å². The fourth-order valence-corrected chi connectivity index (χ4v) is 1.62. The highest BCUT2D eigenvalue weighted by atomic mass is 35.5. The summed E-state index contributed by atoms with van der Waals surface area (Å²) in [7, 11) is 0. The Morgan fingerprint density at radius 2 is 2.33 bits per heavy atom. The molecule has 1 heterocycles. The monoisotopic (exact) mass is 179 g/mol. The second kappa shape index (κ2) is 2.69. The lowest BCUT2D eigenvalue weighted by Crippen LogP contribution is -1.86. The van der Waals surface area contributed by atoms with Gasteiger partial charge in [-0.2, -0.15) is 5.26 Å². The first-order valence-electron chi connectivity index (χ1n) is 3.66. The third-order valence-corrected chi connectivity index (χ3v) is 2.15. The minimum absolute atomic E-state index is 0.543. The van der Waals surface area contributed by atoms with E-state index in [2.05, 4.69) is 6.07 Å². The third-order valence-electron chi connectivity index (χ3n) is 1.87. The van der Waals surface area contributed by atoms with Crippen molar-refractivity contribution in [3.63, 3.8) is 0 Å². The Kier molecular flexibility index (Phi) is 1.67. The van der Waals surface area contributed by atoms with E-state index in [0.717, 1.165) is 17.7 Å². The van der Waals surface area contributed by atoms with Crippen molar-refractivity contribution in [1.29, 1.82) is 5.26 Å². The number of rotatable bonds is 0. The molecule has 1 aliphatic rings. The van der Waals surface area contributed by atoms with Gasteiger partial charge in [0.1, 0.15) is 5.75 Å². The molecule has 2 rings (SSSR count). The van der Waals surface area contributed by atoms with E-state index in [-0.39, 0.29) is 0 Å². The van der Waals surface area contributed by atoms with Crippen molar-refractivity contribution in [2.75, 3.05) is 6.61 Å². The average molecular weight is 180 g/mol. The fraction of sp³-hybridized carbons (Fsp3) is 0.222. The molecule has 2 nitrogen and oxygen atoms in total. The van der Waals surface area contributed by atoms with E-state index in [4.69, 9.17) is 21.6 Å². The number of nitrogens with zero attached hydrogens (tertiary/aromatic N) is 1. The minimum atomic E-state index is 0.543. The summed E-state index contributed by atoms with van der Waals surface area (Å²) in [5, 5.41) is 9.19. The fourth-order valence-electron chi connectivity index (χ4n) is 1.33. The molecular weight excluding hydrogens is 174 g/mol. The van der Waals surface area contributed by atoms with Crippen LogP contribution in [-0.4, -0.2) is 6.61 Å². The summed E-state index contributed by atoms with van der Waals surface area (Å²) in [5.74, 6) is 0.746. The summed E-state index contributed by atoms with van der Waals surface area (Å²) >= 11 is 5.88. The lowest BCUT2D eigenvalue weighted by molar-refractivity contribution is 0.357. The van der Waals surface area contributed by atoms with E-state index in [1.54, 1.807) is 6.07 Å². The maximum atomic E-state index is 8.64. The minimum Gasteiger partial charge on any atom is -0.491 e. The molecule has 0 aromatic heterocycles. The zero-order valence-electron chi connectivity index (χ0n) is 6.30. The summed E-state index contributed by atoms with van der Waals surface area (Å²) in [6.45, 7) is 0.671. The van der Waals surface area contributed by atoms with Crippen LogP contribution in [0.2, 0.25) is 5.02 Å². The first-order chi connectivity index (χ1) is 5.81. The number of hydrogen-bond acceptors (Lipinski definition) is 2. The normalized spacial score (nSPS) is 13.3. The van der Waals surface area contributed by atoms with E-state index in [0.29, 0.717) is 17.2 Å². The second-order valence-electron chi connectivity index (χ2n) is 2.66. The summed E-state index contributed by atoms with van der Waals surface area (Å²) in [4.78, 5) is 0. The van der Waals surface area contributed by atoms with Crippen molar-refractivity contribution < 1.29 is 4.74 Å². The lowest BCUT2D eigenvalue weighted by Gasteiger charge is -2.00. The summed E-state index contributed by atoms with van der Waals surface area (Å²) < 4.78 is 5.29. The summed E-state index contributed by atoms with van der Waals surface area (Å²) in [6, 6.07) is 5.52. The Morgan fingerprint density at radius 1 is 1.50 bits per heavy atom. The topological polar surface area (TPSA) is 33.0 Å². The van der Waals surface area contributed by atoms with Crippen molar-refractivity contribution in [2.24, 2.45) is 0 Å². The van der Waals surface area contributed by atoms with Gasteiger partial charge in [-0.15, -0.1) is 0 Å². The maximum absolute atomic E-state index is 8.64. The van der Waals surface area contributed by atoms with Gasteiger partial charge in [0.05, 0.1) is 23.3 Å². The van der Waals surface area contributed by atoms with Gasteiger partial charge in [-0.3, -0.25) is 0 Å². The molecule has 0 atom stereocenters. The molecule has 0 spiro atoms. The predicted octanol–water partition coefficient (Wildman–Crippen LogP) is 2.15. The number of halogens is 1. The highest BCUT2D eigenvalue weighted by molar-refractivity contribution is 6.32. The molecule has 1 aromatic rings. The average Bonchev–Trinajstić information content (AvgIpc) is 2.52. The van der Waals surface area contributed by atoms with Crippen molar-refractivity contribution in [2.45, 2.75) is 6.42 Å². The number of benzene rings is 1. The largest absolute Gasteiger partial charge is 0.491 e. The van der Waals surface area contributed by atoms with Crippen LogP contribution in [-0.2, 0) is 6.42 Å². The van der Waals surface area contributed by atoms with Crippen molar-refractivity contribution >= 4 is 11.6 Å². The van der Waals surface area contributed by atoms with Crippen LogP contribution in [0.15, 0.2) is 12.1 Å². The quantitative estimate of drug-likeness (QED) is 0.612. The molecule has 1 aromatic carbocycles. The van der Waals surface area contributed by atoms with Crippen molar-refractivity contribution in [3.05, 3.63) is 28.3 Å². The van der Waals surface area contributed by atoms with Gasteiger partial charge in [-0.05, 0) is 12.1 Å². The second-order valence-corrected chi connectivity index (χ2v) is 3.06. The number of fused-ring (bicyclic) bond motifs is 1. The van der Waals surface area contributed by atoms with Crippen LogP contribution in [0.25, 0.3) is 0 Å². The Morgan fingerprint density at radius 3 is 3.08 bits per heavy atom. The van der Waals surface area contributed by atoms with Gasteiger partial charge in [0.15, 0.2) is 0 Å². The van der Waals surface area contributed by atoms with Crippen LogP contribution in [0, 0.1) is 11.3 Å². The van der Waals surface area contributed by atoms with Gasteiger partial charge < -0.3 is 4.74 Å². The molecule has 60 valence electrons. The Bertz CT molecular complexity index is 368. The van der Waals surface area contributed by atoms with Crippen molar-refractivity contribution in [1.82, 2.24) is 0 Å². The van der Waals surface area contributed by atoms with Crippen LogP contribution in [0.3, 0.4) is 0 Å². The van der Waals surface area contributed by atoms with Crippen LogP contribution < -0.4 is 4.74 Å². The van der Waals surface area contributed by atoms with E-state index >= 15 is 0 Å². The first kappa shape index (κ1) is 7.45. The molecule has 1 aliphatic heterocycles. The number of hydrogen-bond donors (Lipinski definition) is 0. The molecule has 12 heavy (non-hydrogen) atoms. The molecule has 0 amide bonds. The first-order valence-corrected chi connectivity index (χ1v) is 4.04. The molecule has 3 heteroatoms. The lowest BCUT2D eigenvalue weighted by atomic mass is 10.1. The molecule has 0 saturated heterocycles. The van der Waals surface area contributed by atoms with Gasteiger partial charge >= 0.3 is 0 Å². The SMILES string of the molecule is N#Cc1cc(Cl)c2c(c1)CCO2. The molecular formula is C9H6ClNO. The van der Waals surface area contributed by atoms with Gasteiger partial charge in [-0.25, -0.2) is 0 Å². The highest BCUT2D eigenvalue weighted by Gasteiger charge is 2.16. The van der Waals surface area contributed by atoms with Crippen molar-refractivity contribution in [3.8, 4) is 11.8 Å². The van der Waals surface area contributed by atoms with Crippen LogP contribution in [0.5, 0.6) is 5.75 Å². The molecule has 0 unspecified atom stereocenters. The smallest absolute Gasteiger partial charge is 0.141 e. The zero-order valence-corrected chi connectivity index (χ0v) is 7.06. The molecule has 0 bridgehead atoms. The van der Waals surface area contributed by atoms with Crippen LogP contribution in [0.1, 0.15) is 11.1 Å². The molecule has 0 aliphatic carbocycles. The standard InChI is InChI=1S/C9H6ClNO/c10-8-4-6(5-11)3-7-1-2-12-9(7)8/h3-4H,1-2H2. The molecule has 0 N–H and O–H groups in total. The highest BCUT2D eigenvalue weighted by Crippen LogP contribution is 2.34. The molecule has 0 radical (unpaired) electrons. The van der Waals surface area contributed by atoms with Gasteiger partial charge in [0, 0.05) is 12.0 Å². The van der Waals surface area contributed by atoms with Crippen LogP contribution in [0.4, 0.5) is 0 Å². The summed E-state index contributed by atoms with van der Waals surface area (Å²) in [5.41, 5.74) is 1.64. The Hall–Kier alpha value is -1.20. The van der Waals surface area contributed by atoms with Gasteiger partial charge in [0.25, 0.3) is 0 Å².